The summed E-state index contributed by atoms with van der Waals surface area (Å²) in [6, 6.07) is 5.52. The fourth-order valence-corrected chi connectivity index (χ4v) is 4.36. The number of aryl methyl sites for hydroxylation is 1. The molecule has 1 aromatic carbocycles. The third-order valence-electron chi connectivity index (χ3n) is 6.16. The monoisotopic (exact) mass is 472 g/mol. The number of hydrogen-bond acceptors (Lipinski definition) is 6. The molecule has 2 aromatic rings. The Hall–Kier alpha value is -3.10. The third-order valence-corrected chi connectivity index (χ3v) is 6.16. The minimum absolute atomic E-state index is 0.0514. The summed E-state index contributed by atoms with van der Waals surface area (Å²) in [4.78, 5) is 45.6. The number of carbonyl (C=O) groups is 1. The highest BCUT2D eigenvalue weighted by molar-refractivity contribution is 5.71. The number of benzene rings is 1. The van der Waals surface area contributed by atoms with Gasteiger partial charge in [-0.25, -0.2) is 19.1 Å². The van der Waals surface area contributed by atoms with Crippen LogP contribution in [-0.4, -0.2) is 33.3 Å². The molecule has 0 unspecified atom stereocenters. The van der Waals surface area contributed by atoms with Gasteiger partial charge in [0.15, 0.2) is 0 Å². The van der Waals surface area contributed by atoms with E-state index in [9.17, 15) is 14.4 Å². The van der Waals surface area contributed by atoms with E-state index in [0.29, 0.717) is 18.2 Å². The lowest BCUT2D eigenvalue weighted by Gasteiger charge is -2.23. The molecule has 1 N–H and O–H groups in total. The first-order valence-corrected chi connectivity index (χ1v) is 12.0. The van der Waals surface area contributed by atoms with Gasteiger partial charge in [0.2, 0.25) is 5.62 Å². The van der Waals surface area contributed by atoms with Crippen LogP contribution in [0.5, 0.6) is 5.75 Å². The van der Waals surface area contributed by atoms with E-state index >= 15 is 0 Å². The topological polar surface area (TPSA) is 108 Å². The van der Waals surface area contributed by atoms with E-state index in [1.165, 1.54) is 18.1 Å². The van der Waals surface area contributed by atoms with E-state index < -0.39 is 23.3 Å². The van der Waals surface area contributed by atoms with Crippen LogP contribution in [0.4, 0.5) is 5.69 Å². The molecule has 0 bridgehead atoms. The van der Waals surface area contributed by atoms with Crippen LogP contribution in [0.1, 0.15) is 58.4 Å². The van der Waals surface area contributed by atoms with E-state index in [1.54, 1.807) is 13.0 Å². The van der Waals surface area contributed by atoms with Gasteiger partial charge in [-0.1, -0.05) is 26.2 Å². The molecule has 186 valence electrons. The molecule has 0 amide bonds. The maximum Gasteiger partial charge on any atom is 0.335 e. The molecule has 1 aromatic heterocycles. The Bertz CT molecular complexity index is 1190. The summed E-state index contributed by atoms with van der Waals surface area (Å²) in [7, 11) is 1.29. The Morgan fingerprint density at radius 2 is 1.85 bits per heavy atom. The lowest BCUT2D eigenvalue weighted by molar-refractivity contribution is -0.145. The van der Waals surface area contributed by atoms with Crippen LogP contribution in [0, 0.1) is 18.8 Å². The molecule has 9 nitrogen and oxygen atoms in total. The van der Waals surface area contributed by atoms with E-state index in [2.05, 4.69) is 9.98 Å². The molecule has 1 heterocycles. The highest BCUT2D eigenvalue weighted by atomic mass is 16.5. The zero-order valence-corrected chi connectivity index (χ0v) is 20.8. The molecular formula is C25H36N4O5. The summed E-state index contributed by atoms with van der Waals surface area (Å²) in [5.41, 5.74) is 0.661. The van der Waals surface area contributed by atoms with Crippen molar-refractivity contribution in [2.75, 3.05) is 7.11 Å². The summed E-state index contributed by atoms with van der Waals surface area (Å²) in [5.74, 6) is -0.00461. The SMILES string of the molecule is COC(=O)[C@H](C)Cn1c(=O)[nH]/c(=N\c2ccc(OC(C)C)c(C)c2)n(CC2CCCCC2)c1=O. The number of rotatable bonds is 8. The Kier molecular flexibility index (Phi) is 8.52. The van der Waals surface area contributed by atoms with Gasteiger partial charge in [-0.3, -0.25) is 14.3 Å². The van der Waals surface area contributed by atoms with Gasteiger partial charge in [0, 0.05) is 13.1 Å². The highest BCUT2D eigenvalue weighted by Crippen LogP contribution is 2.25. The van der Waals surface area contributed by atoms with Gasteiger partial charge in [-0.05, 0) is 63.3 Å². The zero-order valence-electron chi connectivity index (χ0n) is 20.8. The minimum atomic E-state index is -0.633. The van der Waals surface area contributed by atoms with Crippen molar-refractivity contribution in [3.63, 3.8) is 0 Å². The van der Waals surface area contributed by atoms with Crippen LogP contribution in [0.15, 0.2) is 32.8 Å². The molecule has 0 aliphatic heterocycles. The summed E-state index contributed by atoms with van der Waals surface area (Å²) in [6.45, 7) is 7.90. The molecule has 1 aliphatic rings. The molecule has 0 saturated heterocycles. The predicted molar refractivity (Wildman–Crippen MR) is 129 cm³/mol. The van der Waals surface area contributed by atoms with Gasteiger partial charge < -0.3 is 9.47 Å². The van der Waals surface area contributed by atoms with Crippen LogP contribution in [0.2, 0.25) is 0 Å². The Morgan fingerprint density at radius 1 is 1.15 bits per heavy atom. The molecule has 9 heteroatoms. The quantitative estimate of drug-likeness (QED) is 0.594. The van der Waals surface area contributed by atoms with Crippen LogP contribution in [-0.2, 0) is 22.6 Å². The molecule has 0 radical (unpaired) electrons. The van der Waals surface area contributed by atoms with Crippen LogP contribution < -0.4 is 21.7 Å². The first kappa shape index (κ1) is 25.5. The Labute approximate surface area is 199 Å². The molecular weight excluding hydrogens is 436 g/mol. The van der Waals surface area contributed by atoms with Crippen molar-refractivity contribution >= 4 is 11.7 Å². The van der Waals surface area contributed by atoms with E-state index in [0.717, 1.165) is 41.6 Å². The number of H-pyrrole nitrogens is 1. The maximum absolute atomic E-state index is 13.4. The van der Waals surface area contributed by atoms with Crippen molar-refractivity contribution < 1.29 is 14.3 Å². The van der Waals surface area contributed by atoms with E-state index in [-0.39, 0.29) is 18.3 Å². The standard InChI is InChI=1S/C25H36N4O5/c1-16(2)34-21-12-11-20(13-17(21)3)26-23-27-24(31)29(14-18(4)22(30)33-5)25(32)28(23)15-19-9-7-6-8-10-19/h11-13,16,18-19H,6-10,14-15H2,1-5H3,(H,26,27,31)/t18-/m1/s1. The number of aromatic nitrogens is 3. The number of carbonyl (C=O) groups excluding carboxylic acids is 1. The van der Waals surface area contributed by atoms with Crippen molar-refractivity contribution in [2.24, 2.45) is 16.8 Å². The van der Waals surface area contributed by atoms with Crippen molar-refractivity contribution in [2.45, 2.75) is 79.0 Å². The molecule has 1 saturated carbocycles. The van der Waals surface area contributed by atoms with Crippen molar-refractivity contribution in [1.82, 2.24) is 14.1 Å². The van der Waals surface area contributed by atoms with Crippen molar-refractivity contribution in [3.8, 4) is 5.75 Å². The number of nitrogens with one attached hydrogen (secondary N) is 1. The Balaban J connectivity index is 2.08. The third kappa shape index (κ3) is 6.27. The number of aromatic amines is 1. The average Bonchev–Trinajstić information content (AvgIpc) is 2.80. The van der Waals surface area contributed by atoms with E-state index in [4.69, 9.17) is 9.47 Å². The number of esters is 1. The maximum atomic E-state index is 13.4. The van der Waals surface area contributed by atoms with Crippen LogP contribution >= 0.6 is 0 Å². The average molecular weight is 473 g/mol. The smallest absolute Gasteiger partial charge is 0.335 e. The molecule has 34 heavy (non-hydrogen) atoms. The van der Waals surface area contributed by atoms with Gasteiger partial charge in [0.05, 0.1) is 24.8 Å². The van der Waals surface area contributed by atoms with Gasteiger partial charge in [0.25, 0.3) is 0 Å². The first-order chi connectivity index (χ1) is 16.2. The number of methoxy groups -OCH3 is 1. The molecule has 1 fully saturated rings. The summed E-state index contributed by atoms with van der Waals surface area (Å²) < 4.78 is 13.2. The largest absolute Gasteiger partial charge is 0.491 e. The fourth-order valence-electron chi connectivity index (χ4n) is 4.36. The number of ether oxygens (including phenoxy) is 2. The summed E-state index contributed by atoms with van der Waals surface area (Å²) in [6.07, 6.45) is 5.58. The fraction of sp³-hybridized carbons (Fsp3) is 0.600. The molecule has 0 spiro atoms. The second-order valence-electron chi connectivity index (χ2n) is 9.41. The lowest BCUT2D eigenvalue weighted by atomic mass is 9.89. The van der Waals surface area contributed by atoms with E-state index in [1.807, 2.05) is 32.9 Å². The normalized spacial score (nSPS) is 16.0. The number of nitrogens with zero attached hydrogens (tertiary/aromatic N) is 3. The second kappa shape index (κ2) is 11.4. The highest BCUT2D eigenvalue weighted by Gasteiger charge is 2.20. The van der Waals surface area contributed by atoms with Crippen molar-refractivity contribution in [1.29, 1.82) is 0 Å². The Morgan fingerprint density at radius 3 is 2.47 bits per heavy atom. The molecule has 3 rings (SSSR count). The second-order valence-corrected chi connectivity index (χ2v) is 9.41. The summed E-state index contributed by atoms with van der Waals surface area (Å²) >= 11 is 0. The zero-order chi connectivity index (χ0) is 24.8. The predicted octanol–water partition coefficient (Wildman–Crippen LogP) is 3.06. The first-order valence-electron chi connectivity index (χ1n) is 12.0. The van der Waals surface area contributed by atoms with Gasteiger partial charge in [-0.2, -0.15) is 0 Å². The summed E-state index contributed by atoms with van der Waals surface area (Å²) in [5, 5.41) is 0. The minimum Gasteiger partial charge on any atom is -0.491 e. The number of hydrogen-bond donors (Lipinski definition) is 1. The molecule has 1 atom stereocenters. The van der Waals surface area contributed by atoms with Crippen molar-refractivity contribution in [3.05, 3.63) is 50.3 Å². The van der Waals surface area contributed by atoms with Gasteiger partial charge in [0.1, 0.15) is 5.75 Å². The lowest BCUT2D eigenvalue weighted by Crippen LogP contribution is -2.51. The van der Waals surface area contributed by atoms with Crippen LogP contribution in [0.3, 0.4) is 0 Å². The van der Waals surface area contributed by atoms with Gasteiger partial charge >= 0.3 is 17.3 Å². The van der Waals surface area contributed by atoms with Gasteiger partial charge in [-0.15, -0.1) is 0 Å². The molecule has 1 aliphatic carbocycles. The van der Waals surface area contributed by atoms with Crippen LogP contribution in [0.25, 0.3) is 0 Å².